The molecule has 1 saturated carbocycles. The molecular weight excluding hydrogens is 224 g/mol. The largest absolute Gasteiger partial charge is 0.320 e. The summed E-state index contributed by atoms with van der Waals surface area (Å²) >= 11 is 6.16. The quantitative estimate of drug-likeness (QED) is 0.794. The van der Waals surface area contributed by atoms with Crippen LogP contribution in [0, 0.1) is 0 Å². The summed E-state index contributed by atoms with van der Waals surface area (Å²) in [5.74, 6) is 1.84. The summed E-state index contributed by atoms with van der Waals surface area (Å²) in [6, 6.07) is -0.0145. The molecule has 1 unspecified atom stereocenters. The average Bonchev–Trinajstić information content (AvgIpc) is 3.04. The second-order valence-corrected chi connectivity index (χ2v) is 5.23. The van der Waals surface area contributed by atoms with E-state index in [1.54, 1.807) is 6.92 Å². The maximum atomic E-state index is 11.7. The minimum atomic E-state index is -0.0145. The van der Waals surface area contributed by atoms with E-state index in [4.69, 9.17) is 11.6 Å². The molecule has 0 N–H and O–H groups in total. The summed E-state index contributed by atoms with van der Waals surface area (Å²) < 4.78 is 2.13. The molecule has 4 heteroatoms. The lowest BCUT2D eigenvalue weighted by molar-refractivity contribution is -0.120. The number of aromatic nitrogens is 2. The number of rotatable bonds is 2. The fourth-order valence-corrected chi connectivity index (χ4v) is 2.91. The highest BCUT2D eigenvalue weighted by Crippen LogP contribution is 2.44. The Morgan fingerprint density at radius 3 is 2.81 bits per heavy atom. The van der Waals surface area contributed by atoms with Gasteiger partial charge in [-0.3, -0.25) is 4.79 Å². The first-order valence-electron chi connectivity index (χ1n) is 5.95. The highest BCUT2D eigenvalue weighted by Gasteiger charge is 2.35. The van der Waals surface area contributed by atoms with Crippen molar-refractivity contribution in [1.82, 2.24) is 9.55 Å². The van der Waals surface area contributed by atoms with E-state index in [2.05, 4.69) is 9.55 Å². The summed E-state index contributed by atoms with van der Waals surface area (Å²) in [5, 5.41) is 0.618. The van der Waals surface area contributed by atoms with Gasteiger partial charge >= 0.3 is 0 Å². The minimum Gasteiger partial charge on any atom is -0.320 e. The van der Waals surface area contributed by atoms with Crippen LogP contribution in [0.3, 0.4) is 0 Å². The number of imidazole rings is 1. The van der Waals surface area contributed by atoms with Crippen molar-refractivity contribution in [3.05, 3.63) is 16.7 Å². The summed E-state index contributed by atoms with van der Waals surface area (Å²) in [7, 11) is 0. The molecule has 16 heavy (non-hydrogen) atoms. The second kappa shape index (κ2) is 3.59. The smallest absolute Gasteiger partial charge is 0.152 e. The Labute approximate surface area is 99.8 Å². The van der Waals surface area contributed by atoms with Crippen molar-refractivity contribution in [3.63, 3.8) is 0 Å². The zero-order chi connectivity index (χ0) is 11.3. The lowest BCUT2D eigenvalue weighted by atomic mass is 10.00. The molecule has 0 saturated heterocycles. The van der Waals surface area contributed by atoms with E-state index in [0.29, 0.717) is 11.1 Å². The lowest BCUT2D eigenvalue weighted by Crippen LogP contribution is -2.24. The van der Waals surface area contributed by atoms with Crippen LogP contribution in [0.4, 0.5) is 0 Å². The van der Waals surface area contributed by atoms with Crippen LogP contribution in [0.5, 0.6) is 0 Å². The Bertz CT molecular complexity index is 448. The zero-order valence-electron chi connectivity index (χ0n) is 9.37. The highest BCUT2D eigenvalue weighted by molar-refractivity contribution is 6.30. The molecule has 0 radical (unpaired) electrons. The van der Waals surface area contributed by atoms with Gasteiger partial charge < -0.3 is 4.57 Å². The summed E-state index contributed by atoms with van der Waals surface area (Å²) in [6.07, 6.45) is 5.33. The van der Waals surface area contributed by atoms with Crippen LogP contribution >= 0.6 is 11.6 Å². The average molecular weight is 239 g/mol. The first kappa shape index (κ1) is 10.3. The van der Waals surface area contributed by atoms with Crippen LogP contribution in [-0.4, -0.2) is 15.3 Å². The lowest BCUT2D eigenvalue weighted by Gasteiger charge is -2.25. The van der Waals surface area contributed by atoms with Gasteiger partial charge in [0.1, 0.15) is 5.82 Å². The van der Waals surface area contributed by atoms with Crippen molar-refractivity contribution in [2.45, 2.75) is 51.0 Å². The monoisotopic (exact) mass is 238 g/mol. The van der Waals surface area contributed by atoms with E-state index in [9.17, 15) is 4.79 Å². The van der Waals surface area contributed by atoms with Gasteiger partial charge in [0.25, 0.3) is 0 Å². The fraction of sp³-hybridized carbons (Fsp3) is 0.667. The Hall–Kier alpha value is -0.830. The molecule has 0 spiro atoms. The molecule has 1 aliphatic carbocycles. The van der Waals surface area contributed by atoms with Gasteiger partial charge in [-0.15, -0.1) is 0 Å². The maximum Gasteiger partial charge on any atom is 0.152 e. The first-order valence-corrected chi connectivity index (χ1v) is 6.33. The molecule has 0 bridgehead atoms. The van der Waals surface area contributed by atoms with Gasteiger partial charge in [0.05, 0.1) is 11.7 Å². The number of nitrogens with zero attached hydrogens (tertiary/aromatic N) is 2. The molecule has 2 heterocycles. The van der Waals surface area contributed by atoms with Crippen LogP contribution in [0.1, 0.15) is 56.1 Å². The topological polar surface area (TPSA) is 34.9 Å². The number of Topliss-reactive ketones (excluding diaryl/α,β-unsaturated/α-hetero) is 1. The van der Waals surface area contributed by atoms with E-state index >= 15 is 0 Å². The zero-order valence-corrected chi connectivity index (χ0v) is 10.1. The highest BCUT2D eigenvalue weighted by atomic mass is 35.5. The van der Waals surface area contributed by atoms with Crippen LogP contribution in [0.2, 0.25) is 5.15 Å². The molecule has 86 valence electrons. The van der Waals surface area contributed by atoms with Crippen LogP contribution in [0.15, 0.2) is 0 Å². The van der Waals surface area contributed by atoms with E-state index in [0.717, 1.165) is 30.8 Å². The number of hydrogen-bond acceptors (Lipinski definition) is 2. The van der Waals surface area contributed by atoms with Crippen LogP contribution in [0.25, 0.3) is 0 Å². The normalized spacial score (nSPS) is 24.2. The molecule has 0 amide bonds. The van der Waals surface area contributed by atoms with Crippen molar-refractivity contribution in [2.75, 3.05) is 0 Å². The number of carbonyl (C=O) groups excluding carboxylic acids is 1. The number of carbonyl (C=O) groups is 1. The van der Waals surface area contributed by atoms with Crippen LogP contribution < -0.4 is 0 Å². The Morgan fingerprint density at radius 1 is 1.44 bits per heavy atom. The third kappa shape index (κ3) is 1.49. The van der Waals surface area contributed by atoms with Crippen LogP contribution in [-0.2, 0) is 11.2 Å². The second-order valence-electron chi connectivity index (χ2n) is 4.87. The molecule has 0 aromatic carbocycles. The summed E-state index contributed by atoms with van der Waals surface area (Å²) in [5.41, 5.74) is 1.08. The molecule has 1 aromatic heterocycles. The fourth-order valence-electron chi connectivity index (χ4n) is 2.63. The van der Waals surface area contributed by atoms with Gasteiger partial charge in [0.15, 0.2) is 10.9 Å². The third-order valence-corrected chi connectivity index (χ3v) is 3.91. The molecule has 3 rings (SSSR count). The predicted molar refractivity (Wildman–Crippen MR) is 61.9 cm³/mol. The SMILES string of the molecule is CC(=O)C1CCCc2c(Cl)nc(C3CC3)n21. The number of fused-ring (bicyclic) bond motifs is 1. The third-order valence-electron chi connectivity index (χ3n) is 3.60. The molecule has 2 aliphatic rings. The number of hydrogen-bond donors (Lipinski definition) is 0. The summed E-state index contributed by atoms with van der Waals surface area (Å²) in [6.45, 7) is 1.67. The number of halogens is 1. The molecule has 1 aliphatic heterocycles. The Morgan fingerprint density at radius 2 is 2.19 bits per heavy atom. The van der Waals surface area contributed by atoms with Crippen molar-refractivity contribution < 1.29 is 4.79 Å². The van der Waals surface area contributed by atoms with E-state index in [1.807, 2.05) is 0 Å². The standard InChI is InChI=1S/C12H15ClN2O/c1-7(16)9-3-2-4-10-11(13)14-12(15(9)10)8-5-6-8/h8-9H,2-6H2,1H3. The van der Waals surface area contributed by atoms with Crippen molar-refractivity contribution >= 4 is 17.4 Å². The molecule has 1 fully saturated rings. The molecule has 1 aromatic rings. The van der Waals surface area contributed by atoms with E-state index in [1.165, 1.54) is 12.8 Å². The van der Waals surface area contributed by atoms with Gasteiger partial charge in [-0.1, -0.05) is 11.6 Å². The molecular formula is C12H15ClN2O. The molecule has 1 atom stereocenters. The molecule has 3 nitrogen and oxygen atoms in total. The van der Waals surface area contributed by atoms with Gasteiger partial charge in [-0.25, -0.2) is 4.98 Å². The summed E-state index contributed by atoms with van der Waals surface area (Å²) in [4.78, 5) is 16.1. The van der Waals surface area contributed by atoms with Crippen molar-refractivity contribution in [3.8, 4) is 0 Å². The van der Waals surface area contributed by atoms with Gasteiger partial charge in [0, 0.05) is 5.92 Å². The predicted octanol–water partition coefficient (Wildman–Crippen LogP) is 2.88. The van der Waals surface area contributed by atoms with Gasteiger partial charge in [-0.05, 0) is 39.0 Å². The van der Waals surface area contributed by atoms with Gasteiger partial charge in [-0.2, -0.15) is 0 Å². The number of ketones is 1. The Balaban J connectivity index is 2.12. The van der Waals surface area contributed by atoms with E-state index in [-0.39, 0.29) is 11.8 Å². The maximum absolute atomic E-state index is 11.7. The first-order chi connectivity index (χ1) is 7.68. The van der Waals surface area contributed by atoms with Crippen molar-refractivity contribution in [2.24, 2.45) is 0 Å². The Kier molecular flexibility index (Phi) is 2.32. The van der Waals surface area contributed by atoms with Crippen molar-refractivity contribution in [1.29, 1.82) is 0 Å². The van der Waals surface area contributed by atoms with E-state index < -0.39 is 0 Å². The van der Waals surface area contributed by atoms with Gasteiger partial charge in [0.2, 0.25) is 0 Å². The minimum absolute atomic E-state index is 0.0145.